The van der Waals surface area contributed by atoms with Crippen LogP contribution in [-0.2, 0) is 18.9 Å². The monoisotopic (exact) mass is 347 g/mol. The number of aryl methyl sites for hydroxylation is 1. The van der Waals surface area contributed by atoms with Crippen molar-refractivity contribution in [1.29, 1.82) is 0 Å². The van der Waals surface area contributed by atoms with E-state index >= 15 is 0 Å². The lowest BCUT2D eigenvalue weighted by Crippen LogP contribution is -2.37. The van der Waals surface area contributed by atoms with Crippen LogP contribution in [0.5, 0.6) is 0 Å². The molecule has 1 N–H and O–H groups in total. The highest BCUT2D eigenvalue weighted by atomic mass is 35.5. The van der Waals surface area contributed by atoms with E-state index in [1.54, 1.807) is 19.2 Å². The van der Waals surface area contributed by atoms with Gasteiger partial charge in [-0.05, 0) is 30.7 Å². The average Bonchev–Trinajstić information content (AvgIpc) is 2.55. The molecule has 0 saturated heterocycles. The standard InChI is InChI=1S/C17H18ClN3O3/c1-11(12-5-4-6-14(18)9-12)19-15(22)8-7-13-10-20(2)17(24)21(3)16(13)23/h4-11H,1-3H3,(H,19,22)/b8-7+. The third-order valence-corrected chi connectivity index (χ3v) is 3.83. The van der Waals surface area contributed by atoms with Gasteiger partial charge in [0.2, 0.25) is 5.91 Å². The number of nitrogens with zero attached hydrogens (tertiary/aromatic N) is 2. The minimum atomic E-state index is -0.454. The lowest BCUT2D eigenvalue weighted by atomic mass is 10.1. The number of carbonyl (C=O) groups is 1. The number of benzene rings is 1. The van der Waals surface area contributed by atoms with Gasteiger partial charge in [-0.3, -0.25) is 14.2 Å². The first-order valence-corrected chi connectivity index (χ1v) is 7.68. The molecular weight excluding hydrogens is 330 g/mol. The molecule has 24 heavy (non-hydrogen) atoms. The third-order valence-electron chi connectivity index (χ3n) is 3.59. The molecule has 0 bridgehead atoms. The summed E-state index contributed by atoms with van der Waals surface area (Å²) in [4.78, 5) is 35.6. The number of halogens is 1. The second kappa shape index (κ2) is 7.31. The van der Waals surface area contributed by atoms with Crippen molar-refractivity contribution >= 4 is 23.6 Å². The quantitative estimate of drug-likeness (QED) is 0.854. The second-order valence-corrected chi connectivity index (χ2v) is 5.90. The summed E-state index contributed by atoms with van der Waals surface area (Å²) in [6.07, 6.45) is 4.05. The van der Waals surface area contributed by atoms with E-state index in [4.69, 9.17) is 11.6 Å². The molecule has 2 rings (SSSR count). The number of aromatic nitrogens is 2. The summed E-state index contributed by atoms with van der Waals surface area (Å²) in [5.41, 5.74) is 0.258. The van der Waals surface area contributed by atoms with Crippen LogP contribution in [0.4, 0.5) is 0 Å². The van der Waals surface area contributed by atoms with Gasteiger partial charge >= 0.3 is 5.69 Å². The van der Waals surface area contributed by atoms with Crippen molar-refractivity contribution in [3.05, 3.63) is 73.5 Å². The van der Waals surface area contributed by atoms with E-state index in [-0.39, 0.29) is 17.5 Å². The van der Waals surface area contributed by atoms with Gasteiger partial charge in [-0.1, -0.05) is 23.7 Å². The van der Waals surface area contributed by atoms with E-state index in [1.807, 2.05) is 19.1 Å². The lowest BCUT2D eigenvalue weighted by molar-refractivity contribution is -0.117. The maximum Gasteiger partial charge on any atom is 0.330 e. The van der Waals surface area contributed by atoms with E-state index in [0.29, 0.717) is 5.02 Å². The predicted octanol–water partition coefficient (Wildman–Crippen LogP) is 1.63. The first-order chi connectivity index (χ1) is 11.3. The lowest BCUT2D eigenvalue weighted by Gasteiger charge is -2.13. The molecule has 0 radical (unpaired) electrons. The highest BCUT2D eigenvalue weighted by molar-refractivity contribution is 6.30. The van der Waals surface area contributed by atoms with E-state index in [0.717, 1.165) is 10.1 Å². The van der Waals surface area contributed by atoms with Crippen LogP contribution in [-0.4, -0.2) is 15.0 Å². The van der Waals surface area contributed by atoms with Crippen LogP contribution in [0.1, 0.15) is 24.1 Å². The summed E-state index contributed by atoms with van der Waals surface area (Å²) < 4.78 is 2.28. The highest BCUT2D eigenvalue weighted by Crippen LogP contribution is 2.17. The minimum absolute atomic E-state index is 0.233. The van der Waals surface area contributed by atoms with E-state index in [2.05, 4.69) is 5.32 Å². The van der Waals surface area contributed by atoms with Crippen molar-refractivity contribution in [3.8, 4) is 0 Å². The zero-order valence-electron chi connectivity index (χ0n) is 13.6. The molecule has 126 valence electrons. The Morgan fingerprint density at radius 3 is 2.67 bits per heavy atom. The molecule has 1 aromatic heterocycles. The van der Waals surface area contributed by atoms with Gasteiger partial charge < -0.3 is 9.88 Å². The van der Waals surface area contributed by atoms with Crippen molar-refractivity contribution < 1.29 is 4.79 Å². The Morgan fingerprint density at radius 1 is 1.29 bits per heavy atom. The fourth-order valence-electron chi connectivity index (χ4n) is 2.24. The maximum absolute atomic E-state index is 12.0. The summed E-state index contributed by atoms with van der Waals surface area (Å²) in [7, 11) is 2.93. The fraction of sp³-hybridized carbons (Fsp3) is 0.235. The molecule has 0 fully saturated rings. The van der Waals surface area contributed by atoms with Gasteiger partial charge in [0.15, 0.2) is 0 Å². The number of amides is 1. The summed E-state index contributed by atoms with van der Waals surface area (Å²) in [5.74, 6) is -0.349. The van der Waals surface area contributed by atoms with Gasteiger partial charge in [0.05, 0.1) is 11.6 Å². The highest BCUT2D eigenvalue weighted by Gasteiger charge is 2.09. The largest absolute Gasteiger partial charge is 0.346 e. The van der Waals surface area contributed by atoms with Crippen molar-refractivity contribution in [2.45, 2.75) is 13.0 Å². The van der Waals surface area contributed by atoms with Crippen LogP contribution in [0.2, 0.25) is 5.02 Å². The average molecular weight is 348 g/mol. The maximum atomic E-state index is 12.0. The van der Waals surface area contributed by atoms with Crippen LogP contribution in [0.3, 0.4) is 0 Å². The minimum Gasteiger partial charge on any atom is -0.346 e. The molecule has 0 aliphatic rings. The Hall–Kier alpha value is -2.60. The fourth-order valence-corrected chi connectivity index (χ4v) is 2.44. The molecule has 1 aromatic carbocycles. The second-order valence-electron chi connectivity index (χ2n) is 5.46. The zero-order valence-corrected chi connectivity index (χ0v) is 14.4. The van der Waals surface area contributed by atoms with Crippen molar-refractivity contribution in [2.24, 2.45) is 14.1 Å². The van der Waals surface area contributed by atoms with E-state index < -0.39 is 11.2 Å². The Labute approximate surface area is 144 Å². The molecule has 6 nitrogen and oxygen atoms in total. The van der Waals surface area contributed by atoms with E-state index in [9.17, 15) is 14.4 Å². The molecule has 1 unspecified atom stereocenters. The van der Waals surface area contributed by atoms with Crippen LogP contribution in [0.15, 0.2) is 46.1 Å². The summed E-state index contributed by atoms with van der Waals surface area (Å²) in [6.45, 7) is 1.84. The third kappa shape index (κ3) is 4.02. The Morgan fingerprint density at radius 2 is 2.00 bits per heavy atom. The molecule has 0 spiro atoms. The first-order valence-electron chi connectivity index (χ1n) is 7.30. The molecular formula is C17H18ClN3O3. The van der Waals surface area contributed by atoms with E-state index in [1.165, 1.54) is 30.0 Å². The summed E-state index contributed by atoms with van der Waals surface area (Å²) in [5, 5.41) is 3.39. The molecule has 0 aliphatic heterocycles. The Balaban J connectivity index is 2.14. The Kier molecular flexibility index (Phi) is 5.41. The number of hydrogen-bond donors (Lipinski definition) is 1. The topological polar surface area (TPSA) is 73.1 Å². The molecule has 1 atom stereocenters. The molecule has 1 heterocycles. The number of carbonyl (C=O) groups excluding carboxylic acids is 1. The smallest absolute Gasteiger partial charge is 0.330 e. The van der Waals surface area contributed by atoms with Gasteiger partial charge in [-0.15, -0.1) is 0 Å². The van der Waals surface area contributed by atoms with Gasteiger partial charge in [0.25, 0.3) is 5.56 Å². The van der Waals surface area contributed by atoms with Gasteiger partial charge in [-0.2, -0.15) is 0 Å². The molecule has 0 aliphatic carbocycles. The van der Waals surface area contributed by atoms with Crippen molar-refractivity contribution in [3.63, 3.8) is 0 Å². The summed E-state index contributed by atoms with van der Waals surface area (Å²) in [6, 6.07) is 6.98. The Bertz CT molecular complexity index is 912. The van der Waals surface area contributed by atoms with Crippen molar-refractivity contribution in [1.82, 2.24) is 14.5 Å². The van der Waals surface area contributed by atoms with Gasteiger partial charge in [0, 0.05) is 31.4 Å². The first kappa shape index (κ1) is 17.7. The van der Waals surface area contributed by atoms with Crippen LogP contribution in [0, 0.1) is 0 Å². The van der Waals surface area contributed by atoms with Crippen LogP contribution < -0.4 is 16.6 Å². The molecule has 1 amide bonds. The predicted molar refractivity (Wildman–Crippen MR) is 94.0 cm³/mol. The zero-order chi connectivity index (χ0) is 17.9. The number of hydrogen-bond acceptors (Lipinski definition) is 3. The molecule has 7 heteroatoms. The normalized spacial score (nSPS) is 12.3. The summed E-state index contributed by atoms with van der Waals surface area (Å²) >= 11 is 5.93. The number of rotatable bonds is 4. The van der Waals surface area contributed by atoms with Crippen LogP contribution >= 0.6 is 11.6 Å². The van der Waals surface area contributed by atoms with Gasteiger partial charge in [-0.25, -0.2) is 4.79 Å². The molecule has 0 saturated carbocycles. The molecule has 2 aromatic rings. The number of nitrogens with one attached hydrogen (secondary N) is 1. The SMILES string of the molecule is CC(NC(=O)/C=C/c1cn(C)c(=O)n(C)c1=O)c1cccc(Cl)c1. The van der Waals surface area contributed by atoms with Crippen molar-refractivity contribution in [2.75, 3.05) is 0 Å². The van der Waals surface area contributed by atoms with Crippen LogP contribution in [0.25, 0.3) is 6.08 Å². The van der Waals surface area contributed by atoms with Gasteiger partial charge in [0.1, 0.15) is 0 Å².